The van der Waals surface area contributed by atoms with Crippen molar-refractivity contribution < 1.29 is 23.9 Å². The molecule has 1 saturated carbocycles. The molecule has 1 aromatic carbocycles. The van der Waals surface area contributed by atoms with Crippen molar-refractivity contribution in [3.63, 3.8) is 0 Å². The van der Waals surface area contributed by atoms with Crippen LogP contribution < -0.4 is 14.8 Å². The number of piperidine rings is 1. The first-order valence-electron chi connectivity index (χ1n) is 13.0. The van der Waals surface area contributed by atoms with E-state index in [1.54, 1.807) is 18.1 Å². The Hall–Kier alpha value is -3.53. The number of nitrogens with zero attached hydrogens (tertiary/aromatic N) is 4. The summed E-state index contributed by atoms with van der Waals surface area (Å²) < 4.78 is 11.6. The van der Waals surface area contributed by atoms with E-state index in [9.17, 15) is 14.4 Å². The molecule has 6 rings (SSSR count). The van der Waals surface area contributed by atoms with Crippen LogP contribution in [0.2, 0.25) is 0 Å². The molecule has 3 aliphatic heterocycles. The standard InChI is InChI=1S/C27H31N5O5/c1-36-27-28-11-17(12-29-27)18-13-31(14-18)21-4-2-3-5-23(21)37-19-6-7-20-16(10-19)15-32(26(20)35)22-8-9-24(33)30-25(22)34/h6-7,10-12,18,21-23H,2-5,8-9,13-15H2,1H3,(H,30,33,34)/t21-,22?,23-/m1/s1. The number of amides is 3. The van der Waals surface area contributed by atoms with Gasteiger partial charge in [0.25, 0.3) is 5.91 Å². The molecule has 0 spiro atoms. The highest BCUT2D eigenvalue weighted by atomic mass is 16.5. The van der Waals surface area contributed by atoms with Gasteiger partial charge in [-0.15, -0.1) is 0 Å². The molecule has 1 aromatic heterocycles. The molecule has 2 aromatic rings. The molecule has 0 bridgehead atoms. The van der Waals surface area contributed by atoms with E-state index in [1.807, 2.05) is 24.5 Å². The van der Waals surface area contributed by atoms with Gasteiger partial charge in [-0.2, -0.15) is 0 Å². The normalized spacial score (nSPS) is 26.5. The van der Waals surface area contributed by atoms with Gasteiger partial charge in [0.1, 0.15) is 17.9 Å². The average Bonchev–Trinajstić information content (AvgIpc) is 3.20. The minimum atomic E-state index is -0.611. The minimum absolute atomic E-state index is 0.0863. The van der Waals surface area contributed by atoms with Gasteiger partial charge in [-0.05, 0) is 55.0 Å². The van der Waals surface area contributed by atoms with Crippen LogP contribution in [0, 0.1) is 0 Å². The summed E-state index contributed by atoms with van der Waals surface area (Å²) in [5.41, 5.74) is 2.60. The van der Waals surface area contributed by atoms with Gasteiger partial charge in [-0.3, -0.25) is 24.6 Å². The fraction of sp³-hybridized carbons (Fsp3) is 0.519. The van der Waals surface area contributed by atoms with Crippen molar-refractivity contribution in [3.05, 3.63) is 47.3 Å². The zero-order valence-corrected chi connectivity index (χ0v) is 20.9. The number of carbonyl (C=O) groups excluding carboxylic acids is 3. The van der Waals surface area contributed by atoms with Gasteiger partial charge < -0.3 is 14.4 Å². The zero-order valence-electron chi connectivity index (χ0n) is 20.9. The summed E-state index contributed by atoms with van der Waals surface area (Å²) in [6.07, 6.45) is 8.82. The van der Waals surface area contributed by atoms with E-state index in [4.69, 9.17) is 9.47 Å². The molecule has 1 aliphatic carbocycles. The molecule has 194 valence electrons. The lowest BCUT2D eigenvalue weighted by molar-refractivity contribution is -0.136. The number of carbonyl (C=O) groups is 3. The minimum Gasteiger partial charge on any atom is -0.489 e. The number of rotatable bonds is 6. The Balaban J connectivity index is 1.10. The molecule has 4 aliphatic rings. The Morgan fingerprint density at radius 2 is 1.81 bits per heavy atom. The highest BCUT2D eigenvalue weighted by molar-refractivity contribution is 6.05. The van der Waals surface area contributed by atoms with Crippen molar-refractivity contribution >= 4 is 17.7 Å². The van der Waals surface area contributed by atoms with Crippen LogP contribution in [0.5, 0.6) is 11.8 Å². The summed E-state index contributed by atoms with van der Waals surface area (Å²) in [6, 6.07) is 5.73. The number of hydrogen-bond acceptors (Lipinski definition) is 8. The van der Waals surface area contributed by atoms with E-state index in [-0.39, 0.29) is 24.3 Å². The topological polar surface area (TPSA) is 114 Å². The largest absolute Gasteiger partial charge is 0.489 e. The average molecular weight is 506 g/mol. The molecule has 3 amide bonds. The number of fused-ring (bicyclic) bond motifs is 1. The number of nitrogens with one attached hydrogen (secondary N) is 1. The van der Waals surface area contributed by atoms with Crippen LogP contribution in [-0.4, -0.2) is 75.9 Å². The van der Waals surface area contributed by atoms with Gasteiger partial charge in [0.2, 0.25) is 11.8 Å². The predicted molar refractivity (Wildman–Crippen MR) is 132 cm³/mol. The first-order valence-corrected chi connectivity index (χ1v) is 13.0. The zero-order chi connectivity index (χ0) is 25.5. The quantitative estimate of drug-likeness (QED) is 0.594. The van der Waals surface area contributed by atoms with Crippen molar-refractivity contribution in [2.24, 2.45) is 0 Å². The number of ether oxygens (including phenoxy) is 2. The summed E-state index contributed by atoms with van der Waals surface area (Å²) in [5, 5.41) is 2.35. The molecular weight excluding hydrogens is 474 g/mol. The molecule has 10 nitrogen and oxygen atoms in total. The van der Waals surface area contributed by atoms with E-state index in [2.05, 4.69) is 20.2 Å². The number of hydrogen-bond donors (Lipinski definition) is 1. The molecule has 3 atom stereocenters. The lowest BCUT2D eigenvalue weighted by atomic mass is 9.85. The van der Waals surface area contributed by atoms with E-state index < -0.39 is 11.9 Å². The predicted octanol–water partition coefficient (Wildman–Crippen LogP) is 2.04. The summed E-state index contributed by atoms with van der Waals surface area (Å²) in [7, 11) is 1.57. The number of likely N-dealkylation sites (tertiary alicyclic amines) is 1. The van der Waals surface area contributed by atoms with Gasteiger partial charge in [-0.25, -0.2) is 9.97 Å². The SMILES string of the molecule is COc1ncc(C2CN([C@@H]3CCCC[C@H]3Oc3ccc4c(c3)CN(C3CCC(=O)NC3=O)C4=O)C2)cn1. The summed E-state index contributed by atoms with van der Waals surface area (Å²) in [4.78, 5) is 49.4. The molecule has 4 heterocycles. The Kier molecular flexibility index (Phi) is 6.27. The Labute approximate surface area is 215 Å². The molecule has 3 fully saturated rings. The highest BCUT2D eigenvalue weighted by Gasteiger charge is 2.41. The fourth-order valence-corrected chi connectivity index (χ4v) is 6.07. The third-order valence-corrected chi connectivity index (χ3v) is 8.13. The Bertz CT molecular complexity index is 1210. The molecule has 1 N–H and O–H groups in total. The van der Waals surface area contributed by atoms with Crippen LogP contribution in [0.3, 0.4) is 0 Å². The van der Waals surface area contributed by atoms with Crippen molar-refractivity contribution in [2.45, 2.75) is 69.2 Å². The van der Waals surface area contributed by atoms with E-state index in [1.165, 1.54) is 6.42 Å². The third kappa shape index (κ3) is 4.54. The monoisotopic (exact) mass is 505 g/mol. The maximum Gasteiger partial charge on any atom is 0.316 e. The maximum absolute atomic E-state index is 13.0. The van der Waals surface area contributed by atoms with E-state index >= 15 is 0 Å². The lowest BCUT2D eigenvalue weighted by Crippen LogP contribution is -2.57. The smallest absolute Gasteiger partial charge is 0.316 e. The van der Waals surface area contributed by atoms with E-state index in [0.29, 0.717) is 36.5 Å². The first kappa shape index (κ1) is 23.8. The summed E-state index contributed by atoms with van der Waals surface area (Å²) >= 11 is 0. The Morgan fingerprint density at radius 1 is 1.03 bits per heavy atom. The van der Waals surface area contributed by atoms with Crippen LogP contribution >= 0.6 is 0 Å². The third-order valence-electron chi connectivity index (χ3n) is 8.13. The maximum atomic E-state index is 13.0. The van der Waals surface area contributed by atoms with Gasteiger partial charge in [0.15, 0.2) is 0 Å². The highest BCUT2D eigenvalue weighted by Crippen LogP contribution is 2.36. The second-order valence-electron chi connectivity index (χ2n) is 10.4. The molecule has 0 radical (unpaired) electrons. The number of imide groups is 1. The molecule has 1 unspecified atom stereocenters. The van der Waals surface area contributed by atoms with Gasteiger partial charge in [-0.1, -0.05) is 6.42 Å². The van der Waals surface area contributed by atoms with Crippen molar-refractivity contribution in [3.8, 4) is 11.8 Å². The van der Waals surface area contributed by atoms with Crippen molar-refractivity contribution in [1.82, 2.24) is 25.1 Å². The van der Waals surface area contributed by atoms with Gasteiger partial charge in [0.05, 0.1) is 7.11 Å². The second-order valence-corrected chi connectivity index (χ2v) is 10.4. The molecular formula is C27H31N5O5. The molecule has 37 heavy (non-hydrogen) atoms. The van der Waals surface area contributed by atoms with Crippen LogP contribution in [0.25, 0.3) is 0 Å². The second kappa shape index (κ2) is 9.74. The number of methoxy groups -OCH3 is 1. The first-order chi connectivity index (χ1) is 18.0. The van der Waals surface area contributed by atoms with Crippen LogP contribution in [0.4, 0.5) is 0 Å². The van der Waals surface area contributed by atoms with Gasteiger partial charge >= 0.3 is 6.01 Å². The Morgan fingerprint density at radius 3 is 2.57 bits per heavy atom. The van der Waals surface area contributed by atoms with Crippen LogP contribution in [0.15, 0.2) is 30.6 Å². The van der Waals surface area contributed by atoms with Crippen LogP contribution in [-0.2, 0) is 16.1 Å². The number of benzene rings is 1. The van der Waals surface area contributed by atoms with Crippen molar-refractivity contribution in [1.29, 1.82) is 0 Å². The number of aromatic nitrogens is 2. The van der Waals surface area contributed by atoms with Crippen LogP contribution in [0.1, 0.15) is 65.9 Å². The van der Waals surface area contributed by atoms with E-state index in [0.717, 1.165) is 49.2 Å². The summed E-state index contributed by atoms with van der Waals surface area (Å²) in [5.74, 6) is 0.328. The van der Waals surface area contributed by atoms with Gasteiger partial charge in [0, 0.05) is 56.0 Å². The molecule has 2 saturated heterocycles. The van der Waals surface area contributed by atoms with Crippen molar-refractivity contribution in [2.75, 3.05) is 20.2 Å². The summed E-state index contributed by atoms with van der Waals surface area (Å²) in [6.45, 7) is 2.27. The lowest BCUT2D eigenvalue weighted by Gasteiger charge is -2.48. The molecule has 10 heteroatoms. The fourth-order valence-electron chi connectivity index (χ4n) is 6.07.